The highest BCUT2D eigenvalue weighted by Gasteiger charge is 2.16. The Bertz CT molecular complexity index is 688. The van der Waals surface area contributed by atoms with Gasteiger partial charge in [0, 0.05) is 17.1 Å². The molecule has 2 N–H and O–H groups in total. The van der Waals surface area contributed by atoms with Crippen LogP contribution in [0.25, 0.3) is 0 Å². The van der Waals surface area contributed by atoms with E-state index >= 15 is 0 Å². The molecule has 2 aromatic rings. The van der Waals surface area contributed by atoms with Gasteiger partial charge >= 0.3 is 0 Å². The first kappa shape index (κ1) is 13.1. The number of allylic oxidation sites excluding steroid dienone is 3. The third-order valence-corrected chi connectivity index (χ3v) is 3.29. The molecule has 3 nitrogen and oxygen atoms in total. The quantitative estimate of drug-likeness (QED) is 0.804. The van der Waals surface area contributed by atoms with Gasteiger partial charge in [-0.25, -0.2) is 0 Å². The molecular formula is C18H15N3. The van der Waals surface area contributed by atoms with Crippen LogP contribution in [0.5, 0.6) is 0 Å². The molecule has 1 aliphatic rings. The molecule has 0 saturated heterocycles. The average molecular weight is 273 g/mol. The van der Waals surface area contributed by atoms with Gasteiger partial charge in [-0.05, 0) is 42.5 Å². The molecule has 0 aliphatic heterocycles. The summed E-state index contributed by atoms with van der Waals surface area (Å²) in [4.78, 5) is 2.08. The number of para-hydroxylation sites is 2. The van der Waals surface area contributed by atoms with Crippen molar-refractivity contribution in [1.29, 1.82) is 10.8 Å². The summed E-state index contributed by atoms with van der Waals surface area (Å²) >= 11 is 0. The van der Waals surface area contributed by atoms with E-state index in [1.54, 1.807) is 12.2 Å². The summed E-state index contributed by atoms with van der Waals surface area (Å²) < 4.78 is 0. The Hall–Kier alpha value is -2.94. The topological polar surface area (TPSA) is 50.9 Å². The molecule has 0 aromatic heterocycles. The summed E-state index contributed by atoms with van der Waals surface area (Å²) in [5.74, 6) is 0. The Balaban J connectivity index is 2.10. The van der Waals surface area contributed by atoms with Crippen LogP contribution in [0, 0.1) is 10.8 Å². The standard InChI is InChI=1S/C18H15N3/c19-17-12-11-16(13-18(17)20)21(14-7-3-1-4-8-14)15-9-5-2-6-10-15/h1-13,19-20H. The van der Waals surface area contributed by atoms with Crippen molar-refractivity contribution in [2.75, 3.05) is 4.90 Å². The van der Waals surface area contributed by atoms with Crippen LogP contribution in [0.4, 0.5) is 11.4 Å². The first-order valence-electron chi connectivity index (χ1n) is 6.73. The second-order valence-corrected chi connectivity index (χ2v) is 4.74. The minimum atomic E-state index is 0.226. The highest BCUT2D eigenvalue weighted by atomic mass is 15.1. The van der Waals surface area contributed by atoms with Gasteiger partial charge in [-0.1, -0.05) is 36.4 Å². The van der Waals surface area contributed by atoms with E-state index in [1.807, 2.05) is 66.7 Å². The second kappa shape index (κ2) is 5.59. The highest BCUT2D eigenvalue weighted by Crippen LogP contribution is 2.30. The van der Waals surface area contributed by atoms with E-state index in [9.17, 15) is 0 Å². The van der Waals surface area contributed by atoms with Gasteiger partial charge in [0.15, 0.2) is 0 Å². The van der Waals surface area contributed by atoms with Gasteiger partial charge in [-0.3, -0.25) is 10.8 Å². The number of rotatable bonds is 3. The molecule has 2 aromatic carbocycles. The summed E-state index contributed by atoms with van der Waals surface area (Å²) in [6, 6.07) is 20.1. The summed E-state index contributed by atoms with van der Waals surface area (Å²) in [5, 5.41) is 15.5. The van der Waals surface area contributed by atoms with Crippen molar-refractivity contribution in [2.45, 2.75) is 0 Å². The van der Waals surface area contributed by atoms with Crippen molar-refractivity contribution in [3.05, 3.63) is 84.6 Å². The summed E-state index contributed by atoms with van der Waals surface area (Å²) in [6.45, 7) is 0. The lowest BCUT2D eigenvalue weighted by molar-refractivity contribution is 1.21. The molecule has 3 rings (SSSR count). The molecule has 0 radical (unpaired) electrons. The van der Waals surface area contributed by atoms with Crippen molar-refractivity contribution in [2.24, 2.45) is 0 Å². The van der Waals surface area contributed by atoms with Gasteiger partial charge in [-0.2, -0.15) is 0 Å². The Labute approximate surface area is 123 Å². The van der Waals surface area contributed by atoms with Crippen LogP contribution in [-0.2, 0) is 0 Å². The van der Waals surface area contributed by atoms with E-state index in [0.717, 1.165) is 17.1 Å². The monoisotopic (exact) mass is 273 g/mol. The third kappa shape index (κ3) is 2.67. The molecule has 0 fully saturated rings. The number of nitrogens with zero attached hydrogens (tertiary/aromatic N) is 1. The molecule has 0 amide bonds. The van der Waals surface area contributed by atoms with Gasteiger partial charge < -0.3 is 4.90 Å². The minimum Gasteiger partial charge on any atom is -0.310 e. The molecule has 0 spiro atoms. The molecule has 0 saturated carbocycles. The average Bonchev–Trinajstić information content (AvgIpc) is 2.53. The van der Waals surface area contributed by atoms with Gasteiger partial charge in [0.2, 0.25) is 0 Å². The van der Waals surface area contributed by atoms with E-state index in [-0.39, 0.29) is 11.4 Å². The van der Waals surface area contributed by atoms with E-state index in [2.05, 4.69) is 4.90 Å². The zero-order valence-corrected chi connectivity index (χ0v) is 11.5. The Morgan fingerprint density at radius 3 is 1.62 bits per heavy atom. The zero-order valence-electron chi connectivity index (χ0n) is 11.5. The maximum absolute atomic E-state index is 7.86. The Kier molecular flexibility index (Phi) is 3.48. The van der Waals surface area contributed by atoms with Crippen LogP contribution in [0.1, 0.15) is 0 Å². The first-order valence-corrected chi connectivity index (χ1v) is 6.73. The van der Waals surface area contributed by atoms with E-state index < -0.39 is 0 Å². The maximum atomic E-state index is 7.86. The fraction of sp³-hybridized carbons (Fsp3) is 0. The second-order valence-electron chi connectivity index (χ2n) is 4.74. The third-order valence-electron chi connectivity index (χ3n) is 3.29. The molecular weight excluding hydrogens is 258 g/mol. The largest absolute Gasteiger partial charge is 0.310 e. The van der Waals surface area contributed by atoms with Crippen LogP contribution in [0.15, 0.2) is 84.6 Å². The lowest BCUT2D eigenvalue weighted by atomic mass is 10.1. The predicted octanol–water partition coefficient (Wildman–Crippen LogP) is 4.32. The first-order chi connectivity index (χ1) is 10.3. The van der Waals surface area contributed by atoms with Crippen LogP contribution < -0.4 is 4.90 Å². The van der Waals surface area contributed by atoms with E-state index in [0.29, 0.717) is 0 Å². The van der Waals surface area contributed by atoms with Gasteiger partial charge in [0.25, 0.3) is 0 Å². The molecule has 0 bridgehead atoms. The van der Waals surface area contributed by atoms with Crippen molar-refractivity contribution >= 4 is 22.8 Å². The SMILES string of the molecule is N=C1C=CC(N(c2ccccc2)c2ccccc2)=CC1=N. The number of hydrogen-bond donors (Lipinski definition) is 2. The van der Waals surface area contributed by atoms with Gasteiger partial charge in [0.05, 0.1) is 11.4 Å². The molecule has 1 aliphatic carbocycles. The molecule has 0 heterocycles. The molecule has 3 heteroatoms. The number of hydrogen-bond acceptors (Lipinski definition) is 3. The fourth-order valence-corrected chi connectivity index (χ4v) is 2.27. The summed E-state index contributed by atoms with van der Waals surface area (Å²) in [5.41, 5.74) is 3.40. The van der Waals surface area contributed by atoms with Crippen molar-refractivity contribution in [3.8, 4) is 0 Å². The normalized spacial score (nSPS) is 14.0. The van der Waals surface area contributed by atoms with Crippen LogP contribution in [0.2, 0.25) is 0 Å². The zero-order chi connectivity index (χ0) is 14.7. The molecule has 0 unspecified atom stereocenters. The Morgan fingerprint density at radius 1 is 0.619 bits per heavy atom. The molecule has 0 atom stereocenters. The summed E-state index contributed by atoms with van der Waals surface area (Å²) in [7, 11) is 0. The smallest absolute Gasteiger partial charge is 0.0810 e. The van der Waals surface area contributed by atoms with Crippen LogP contribution in [0.3, 0.4) is 0 Å². The fourth-order valence-electron chi connectivity index (χ4n) is 2.27. The summed E-state index contributed by atoms with van der Waals surface area (Å²) in [6.07, 6.45) is 5.26. The van der Waals surface area contributed by atoms with E-state index in [1.165, 1.54) is 0 Å². The maximum Gasteiger partial charge on any atom is 0.0810 e. The lowest BCUT2D eigenvalue weighted by Gasteiger charge is -2.27. The number of benzene rings is 2. The van der Waals surface area contributed by atoms with Crippen LogP contribution in [-0.4, -0.2) is 11.4 Å². The molecule has 102 valence electrons. The van der Waals surface area contributed by atoms with Crippen molar-refractivity contribution in [1.82, 2.24) is 0 Å². The number of nitrogens with one attached hydrogen (secondary N) is 2. The lowest BCUT2D eigenvalue weighted by Crippen LogP contribution is -2.20. The van der Waals surface area contributed by atoms with E-state index in [4.69, 9.17) is 10.8 Å². The molecule has 21 heavy (non-hydrogen) atoms. The van der Waals surface area contributed by atoms with Gasteiger partial charge in [0.1, 0.15) is 0 Å². The van der Waals surface area contributed by atoms with Crippen LogP contribution >= 0.6 is 0 Å². The van der Waals surface area contributed by atoms with Crippen molar-refractivity contribution in [3.63, 3.8) is 0 Å². The Morgan fingerprint density at radius 2 is 1.14 bits per heavy atom. The number of anilines is 2. The van der Waals surface area contributed by atoms with Crippen molar-refractivity contribution < 1.29 is 0 Å². The van der Waals surface area contributed by atoms with Gasteiger partial charge in [-0.15, -0.1) is 0 Å². The highest BCUT2D eigenvalue weighted by molar-refractivity contribution is 6.49. The predicted molar refractivity (Wildman–Crippen MR) is 87.7 cm³/mol. The minimum absolute atomic E-state index is 0.226.